The number of carbonyl (C=O) groups excluding carboxylic acids is 1. The molecule has 24 heavy (non-hydrogen) atoms. The van der Waals surface area contributed by atoms with Crippen LogP contribution >= 0.6 is 11.6 Å². The highest BCUT2D eigenvalue weighted by Gasteiger charge is 2.48. The molecule has 2 rings (SSSR count). The predicted molar refractivity (Wildman–Crippen MR) is 89.5 cm³/mol. The second-order valence-corrected chi connectivity index (χ2v) is 6.48. The Kier molecular flexibility index (Phi) is 5.72. The number of benzene rings is 1. The van der Waals surface area contributed by atoms with E-state index in [-0.39, 0.29) is 25.4 Å². The van der Waals surface area contributed by atoms with Gasteiger partial charge in [0.1, 0.15) is 5.75 Å². The van der Waals surface area contributed by atoms with Crippen LogP contribution in [0.4, 0.5) is 0 Å². The number of carboxylic acids is 1. The number of hydrogen-bond acceptors (Lipinski definition) is 4. The third-order valence-electron chi connectivity index (χ3n) is 4.67. The van der Waals surface area contributed by atoms with Gasteiger partial charge in [0.2, 0.25) is 0 Å². The first-order valence-electron chi connectivity index (χ1n) is 7.90. The summed E-state index contributed by atoms with van der Waals surface area (Å²) in [5.74, 6) is -0.815. The van der Waals surface area contributed by atoms with Crippen molar-refractivity contribution < 1.29 is 24.5 Å². The molecule has 1 aliphatic rings. The maximum absolute atomic E-state index is 12.6. The molecule has 132 valence electrons. The van der Waals surface area contributed by atoms with Crippen molar-refractivity contribution >= 4 is 23.5 Å². The largest absolute Gasteiger partial charge is 0.495 e. The van der Waals surface area contributed by atoms with Crippen molar-refractivity contribution in [3.8, 4) is 5.75 Å². The fourth-order valence-electron chi connectivity index (χ4n) is 3.24. The molecule has 1 fully saturated rings. The van der Waals surface area contributed by atoms with E-state index in [0.717, 1.165) is 0 Å². The molecule has 1 aromatic rings. The summed E-state index contributed by atoms with van der Waals surface area (Å²) in [5, 5.41) is 20.3. The fourth-order valence-corrected chi connectivity index (χ4v) is 3.49. The van der Waals surface area contributed by atoms with Gasteiger partial charge in [-0.1, -0.05) is 24.9 Å². The number of nitrogens with zero attached hydrogens (tertiary/aromatic N) is 1. The van der Waals surface area contributed by atoms with Crippen LogP contribution in [0.25, 0.3) is 0 Å². The van der Waals surface area contributed by atoms with Gasteiger partial charge in [-0.3, -0.25) is 9.59 Å². The van der Waals surface area contributed by atoms with E-state index < -0.39 is 17.5 Å². The Morgan fingerprint density at radius 3 is 2.67 bits per heavy atom. The zero-order chi connectivity index (χ0) is 17.9. The summed E-state index contributed by atoms with van der Waals surface area (Å²) < 4.78 is 5.06. The van der Waals surface area contributed by atoms with E-state index >= 15 is 0 Å². The summed E-state index contributed by atoms with van der Waals surface area (Å²) >= 11 is 6.05. The molecule has 0 radical (unpaired) electrons. The molecule has 1 aliphatic heterocycles. The Labute approximate surface area is 146 Å². The Morgan fingerprint density at radius 2 is 2.17 bits per heavy atom. The van der Waals surface area contributed by atoms with E-state index in [2.05, 4.69) is 0 Å². The van der Waals surface area contributed by atoms with Crippen LogP contribution in [-0.4, -0.2) is 53.3 Å². The Balaban J connectivity index is 2.17. The molecule has 1 saturated heterocycles. The predicted octanol–water partition coefficient (Wildman–Crippen LogP) is 2.43. The monoisotopic (exact) mass is 355 g/mol. The average molecular weight is 356 g/mol. The SMILES string of the molecule is CCC[C@]1(C(=O)O)CCN(C(=O)c2ccc(OC)c(Cl)c2)C[C@@H]1O. The molecule has 6 nitrogen and oxygen atoms in total. The van der Waals surface area contributed by atoms with Gasteiger partial charge in [0.25, 0.3) is 5.91 Å². The molecule has 0 aromatic heterocycles. The highest BCUT2D eigenvalue weighted by atomic mass is 35.5. The Bertz CT molecular complexity index is 635. The lowest BCUT2D eigenvalue weighted by Crippen LogP contribution is -2.56. The van der Waals surface area contributed by atoms with Gasteiger partial charge in [-0.2, -0.15) is 0 Å². The molecule has 2 atom stereocenters. The minimum atomic E-state index is -1.18. The van der Waals surface area contributed by atoms with Crippen molar-refractivity contribution in [1.29, 1.82) is 0 Å². The summed E-state index contributed by atoms with van der Waals surface area (Å²) in [4.78, 5) is 25.7. The molecular weight excluding hydrogens is 334 g/mol. The van der Waals surface area contributed by atoms with E-state index in [4.69, 9.17) is 16.3 Å². The summed E-state index contributed by atoms with van der Waals surface area (Å²) in [6.45, 7) is 2.16. The Morgan fingerprint density at radius 1 is 1.46 bits per heavy atom. The minimum Gasteiger partial charge on any atom is -0.495 e. The lowest BCUT2D eigenvalue weighted by Gasteiger charge is -2.42. The van der Waals surface area contributed by atoms with Gasteiger partial charge >= 0.3 is 5.97 Å². The second kappa shape index (κ2) is 7.40. The van der Waals surface area contributed by atoms with Crippen LogP contribution in [0.2, 0.25) is 5.02 Å². The van der Waals surface area contributed by atoms with Crippen LogP contribution < -0.4 is 4.74 Å². The van der Waals surface area contributed by atoms with E-state index in [9.17, 15) is 19.8 Å². The number of rotatable bonds is 5. The van der Waals surface area contributed by atoms with Gasteiger partial charge in [0.05, 0.1) is 23.7 Å². The quantitative estimate of drug-likeness (QED) is 0.847. The summed E-state index contributed by atoms with van der Waals surface area (Å²) in [5.41, 5.74) is -0.797. The van der Waals surface area contributed by atoms with Crippen molar-refractivity contribution in [3.63, 3.8) is 0 Å². The van der Waals surface area contributed by atoms with Crippen LogP contribution in [0.3, 0.4) is 0 Å². The van der Waals surface area contributed by atoms with Crippen LogP contribution in [-0.2, 0) is 4.79 Å². The van der Waals surface area contributed by atoms with E-state index in [0.29, 0.717) is 29.2 Å². The highest BCUT2D eigenvalue weighted by molar-refractivity contribution is 6.32. The number of likely N-dealkylation sites (tertiary alicyclic amines) is 1. The van der Waals surface area contributed by atoms with E-state index in [1.165, 1.54) is 18.1 Å². The number of piperidine rings is 1. The van der Waals surface area contributed by atoms with E-state index in [1.807, 2.05) is 6.92 Å². The first-order chi connectivity index (χ1) is 11.4. The molecular formula is C17H22ClNO5. The normalized spacial score (nSPS) is 23.8. The van der Waals surface area contributed by atoms with E-state index in [1.54, 1.807) is 12.1 Å². The van der Waals surface area contributed by atoms with Crippen LogP contribution in [0.15, 0.2) is 18.2 Å². The number of carbonyl (C=O) groups is 2. The number of aliphatic hydroxyl groups excluding tert-OH is 1. The van der Waals surface area contributed by atoms with Crippen molar-refractivity contribution in [3.05, 3.63) is 28.8 Å². The Hall–Kier alpha value is -1.79. The molecule has 0 bridgehead atoms. The topological polar surface area (TPSA) is 87.1 Å². The van der Waals surface area contributed by atoms with Crippen LogP contribution in [0, 0.1) is 5.41 Å². The second-order valence-electron chi connectivity index (χ2n) is 6.08. The van der Waals surface area contributed by atoms with Gasteiger partial charge < -0.3 is 19.8 Å². The molecule has 0 spiro atoms. The third-order valence-corrected chi connectivity index (χ3v) is 4.96. The maximum Gasteiger partial charge on any atom is 0.312 e. The zero-order valence-electron chi connectivity index (χ0n) is 13.8. The lowest BCUT2D eigenvalue weighted by molar-refractivity contribution is -0.162. The highest BCUT2D eigenvalue weighted by Crippen LogP contribution is 2.37. The minimum absolute atomic E-state index is 0.00518. The number of amides is 1. The number of methoxy groups -OCH3 is 1. The zero-order valence-corrected chi connectivity index (χ0v) is 14.5. The average Bonchev–Trinajstić information content (AvgIpc) is 2.55. The van der Waals surface area contributed by atoms with Crippen molar-refractivity contribution in [2.75, 3.05) is 20.2 Å². The van der Waals surface area contributed by atoms with Crippen LogP contribution in [0.5, 0.6) is 5.75 Å². The smallest absolute Gasteiger partial charge is 0.312 e. The first kappa shape index (κ1) is 18.5. The summed E-state index contributed by atoms with van der Waals surface area (Å²) in [6, 6.07) is 4.72. The molecule has 0 aliphatic carbocycles. The van der Waals surface area contributed by atoms with Gasteiger partial charge in [0, 0.05) is 18.7 Å². The number of β-amino-alcohol motifs (C(OH)–C–C–N with tert-alkyl or cyclic N) is 1. The standard InChI is InChI=1S/C17H22ClNO5/c1-3-6-17(16(22)23)7-8-19(10-14(17)20)15(21)11-4-5-13(24-2)12(18)9-11/h4-5,9,14,20H,3,6-8,10H2,1-2H3,(H,22,23)/t14-,17-/m0/s1. The molecule has 1 aromatic carbocycles. The maximum atomic E-state index is 12.6. The van der Waals surface area contributed by atoms with Crippen molar-refractivity contribution in [2.45, 2.75) is 32.3 Å². The van der Waals surface area contributed by atoms with Gasteiger partial charge in [-0.05, 0) is 31.0 Å². The number of aliphatic hydroxyl groups is 1. The van der Waals surface area contributed by atoms with Crippen molar-refractivity contribution in [1.82, 2.24) is 4.90 Å². The molecule has 0 saturated carbocycles. The fraction of sp³-hybridized carbons (Fsp3) is 0.529. The number of hydrogen-bond donors (Lipinski definition) is 2. The lowest BCUT2D eigenvalue weighted by atomic mass is 9.72. The third kappa shape index (κ3) is 3.35. The molecule has 1 heterocycles. The number of aliphatic carboxylic acids is 1. The van der Waals surface area contributed by atoms with Crippen LogP contribution in [0.1, 0.15) is 36.5 Å². The van der Waals surface area contributed by atoms with Gasteiger partial charge in [-0.25, -0.2) is 0 Å². The number of halogens is 1. The summed E-state index contributed by atoms with van der Waals surface area (Å²) in [6.07, 6.45) is 0.180. The number of ether oxygens (including phenoxy) is 1. The molecule has 0 unspecified atom stereocenters. The molecule has 2 N–H and O–H groups in total. The number of carboxylic acid groups (broad SMARTS) is 1. The van der Waals surface area contributed by atoms with Gasteiger partial charge in [-0.15, -0.1) is 0 Å². The molecule has 7 heteroatoms. The molecule has 1 amide bonds. The van der Waals surface area contributed by atoms with Gasteiger partial charge in [0.15, 0.2) is 0 Å². The summed E-state index contributed by atoms with van der Waals surface area (Å²) in [7, 11) is 1.49. The van der Waals surface area contributed by atoms with Crippen molar-refractivity contribution in [2.24, 2.45) is 5.41 Å². The first-order valence-corrected chi connectivity index (χ1v) is 8.27.